The van der Waals surface area contributed by atoms with E-state index < -0.39 is 0 Å². The SMILES string of the molecule is CN(CCN1CCN(c2ccccc2)CC1)Cc1cc(-c2ccc3c(c2)OCCO3)no1. The van der Waals surface area contributed by atoms with Crippen molar-refractivity contribution in [1.29, 1.82) is 0 Å². The molecule has 2 aromatic carbocycles. The molecule has 0 spiro atoms. The first-order valence-electron chi connectivity index (χ1n) is 11.3. The number of para-hydroxylation sites is 1. The highest BCUT2D eigenvalue weighted by molar-refractivity contribution is 5.64. The number of hydrogen-bond acceptors (Lipinski definition) is 7. The van der Waals surface area contributed by atoms with Crippen LogP contribution in [-0.4, -0.2) is 74.5 Å². The predicted molar refractivity (Wildman–Crippen MR) is 124 cm³/mol. The number of fused-ring (bicyclic) bond motifs is 1. The van der Waals surface area contributed by atoms with Gasteiger partial charge in [0.2, 0.25) is 0 Å². The molecule has 0 amide bonds. The number of rotatable bonds is 7. The van der Waals surface area contributed by atoms with Gasteiger partial charge in [-0.1, -0.05) is 23.4 Å². The number of likely N-dealkylation sites (N-methyl/N-ethyl adjacent to an activating group) is 1. The molecule has 7 nitrogen and oxygen atoms in total. The Balaban J connectivity index is 1.09. The highest BCUT2D eigenvalue weighted by atomic mass is 16.6. The lowest BCUT2D eigenvalue weighted by Gasteiger charge is -2.36. The van der Waals surface area contributed by atoms with E-state index in [9.17, 15) is 0 Å². The number of benzene rings is 2. The second-order valence-electron chi connectivity index (χ2n) is 8.44. The van der Waals surface area contributed by atoms with E-state index in [4.69, 9.17) is 14.0 Å². The number of hydrogen-bond donors (Lipinski definition) is 0. The van der Waals surface area contributed by atoms with E-state index in [1.165, 1.54) is 5.69 Å². The first-order valence-corrected chi connectivity index (χ1v) is 11.3. The smallest absolute Gasteiger partial charge is 0.162 e. The van der Waals surface area contributed by atoms with E-state index in [-0.39, 0.29) is 0 Å². The molecule has 7 heteroatoms. The van der Waals surface area contributed by atoms with E-state index >= 15 is 0 Å². The maximum absolute atomic E-state index is 5.68. The number of aromatic nitrogens is 1. The summed E-state index contributed by atoms with van der Waals surface area (Å²) in [5.41, 5.74) is 3.12. The van der Waals surface area contributed by atoms with Crippen LogP contribution in [0.3, 0.4) is 0 Å². The van der Waals surface area contributed by atoms with E-state index in [1.807, 2.05) is 24.3 Å². The molecule has 0 N–H and O–H groups in total. The fourth-order valence-corrected chi connectivity index (χ4v) is 4.25. The minimum absolute atomic E-state index is 0.576. The fourth-order valence-electron chi connectivity index (χ4n) is 4.25. The zero-order chi connectivity index (χ0) is 21.8. The van der Waals surface area contributed by atoms with Gasteiger partial charge < -0.3 is 18.9 Å². The Kier molecular flexibility index (Phi) is 6.27. The number of anilines is 1. The monoisotopic (exact) mass is 434 g/mol. The molecule has 0 aliphatic carbocycles. The Morgan fingerprint density at radius 2 is 1.69 bits per heavy atom. The quantitative estimate of drug-likeness (QED) is 0.565. The van der Waals surface area contributed by atoms with Crippen molar-refractivity contribution < 1.29 is 14.0 Å². The van der Waals surface area contributed by atoms with Crippen LogP contribution in [0, 0.1) is 0 Å². The van der Waals surface area contributed by atoms with Crippen LogP contribution in [-0.2, 0) is 6.54 Å². The molecule has 2 aliphatic rings. The first-order chi connectivity index (χ1) is 15.7. The van der Waals surface area contributed by atoms with Crippen molar-refractivity contribution in [2.75, 3.05) is 64.4 Å². The number of ether oxygens (including phenoxy) is 2. The van der Waals surface area contributed by atoms with Crippen molar-refractivity contribution in [3.63, 3.8) is 0 Å². The molecule has 32 heavy (non-hydrogen) atoms. The lowest BCUT2D eigenvalue weighted by atomic mass is 10.1. The van der Waals surface area contributed by atoms with Gasteiger partial charge in [0.05, 0.1) is 6.54 Å². The molecular formula is C25H30N4O3. The molecule has 3 heterocycles. The Hall–Kier alpha value is -3.03. The minimum atomic E-state index is 0.576. The molecule has 1 saturated heterocycles. The second-order valence-corrected chi connectivity index (χ2v) is 8.44. The van der Waals surface area contributed by atoms with Gasteiger partial charge in [-0.2, -0.15) is 0 Å². The van der Waals surface area contributed by atoms with Crippen molar-refractivity contribution in [3.8, 4) is 22.8 Å². The van der Waals surface area contributed by atoms with Gasteiger partial charge in [0, 0.05) is 56.6 Å². The Bertz CT molecular complexity index is 1020. The van der Waals surface area contributed by atoms with Crippen molar-refractivity contribution in [1.82, 2.24) is 15.0 Å². The summed E-state index contributed by atoms with van der Waals surface area (Å²) in [6.45, 7) is 8.30. The van der Waals surface area contributed by atoms with E-state index in [1.54, 1.807) is 0 Å². The second kappa shape index (κ2) is 9.63. The molecule has 0 unspecified atom stereocenters. The largest absolute Gasteiger partial charge is 0.486 e. The van der Waals surface area contributed by atoms with Crippen LogP contribution in [0.5, 0.6) is 11.5 Å². The van der Waals surface area contributed by atoms with Gasteiger partial charge in [0.25, 0.3) is 0 Å². The third-order valence-corrected chi connectivity index (χ3v) is 6.11. The van der Waals surface area contributed by atoms with Crippen molar-refractivity contribution >= 4 is 5.69 Å². The Morgan fingerprint density at radius 1 is 0.906 bits per heavy atom. The standard InChI is InChI=1S/C25H30N4O3/c1-27(9-10-28-11-13-29(14-12-28)21-5-3-2-4-6-21)19-22-18-23(26-32-22)20-7-8-24-25(17-20)31-16-15-30-24/h2-8,17-18H,9-16,19H2,1H3. The summed E-state index contributed by atoms with van der Waals surface area (Å²) in [6, 6.07) is 18.6. The fraction of sp³-hybridized carbons (Fsp3) is 0.400. The van der Waals surface area contributed by atoms with Crippen LogP contribution < -0.4 is 14.4 Å². The Labute approximate surface area is 189 Å². The topological polar surface area (TPSA) is 54.2 Å². The summed E-state index contributed by atoms with van der Waals surface area (Å²) < 4.78 is 16.9. The molecule has 0 radical (unpaired) electrons. The van der Waals surface area contributed by atoms with Gasteiger partial charge in [-0.25, -0.2) is 0 Å². The van der Waals surface area contributed by atoms with Gasteiger partial charge in [-0.05, 0) is 37.4 Å². The lowest BCUT2D eigenvalue weighted by molar-refractivity contribution is 0.171. The molecule has 0 saturated carbocycles. The van der Waals surface area contributed by atoms with Gasteiger partial charge >= 0.3 is 0 Å². The van der Waals surface area contributed by atoms with Crippen LogP contribution in [0.1, 0.15) is 5.76 Å². The molecule has 1 aromatic heterocycles. The van der Waals surface area contributed by atoms with E-state index in [0.29, 0.717) is 13.2 Å². The summed E-state index contributed by atoms with van der Waals surface area (Å²) in [7, 11) is 2.13. The van der Waals surface area contributed by atoms with Crippen LogP contribution in [0.15, 0.2) is 59.1 Å². The first kappa shape index (κ1) is 20.8. The van der Waals surface area contributed by atoms with Crippen LogP contribution >= 0.6 is 0 Å². The maximum Gasteiger partial charge on any atom is 0.162 e. The molecule has 2 aliphatic heterocycles. The number of nitrogens with zero attached hydrogens (tertiary/aromatic N) is 4. The van der Waals surface area contributed by atoms with Gasteiger partial charge in [-0.15, -0.1) is 0 Å². The predicted octanol–water partition coefficient (Wildman–Crippen LogP) is 3.37. The third kappa shape index (κ3) is 4.89. The van der Waals surface area contributed by atoms with Crippen LogP contribution in [0.25, 0.3) is 11.3 Å². The molecule has 0 bridgehead atoms. The summed E-state index contributed by atoms with van der Waals surface area (Å²) >= 11 is 0. The molecular weight excluding hydrogens is 404 g/mol. The average molecular weight is 435 g/mol. The van der Waals surface area contributed by atoms with Crippen molar-refractivity contribution in [2.24, 2.45) is 0 Å². The van der Waals surface area contributed by atoms with Crippen LogP contribution in [0.2, 0.25) is 0 Å². The number of piperazine rings is 1. The third-order valence-electron chi connectivity index (χ3n) is 6.11. The molecule has 0 atom stereocenters. The Morgan fingerprint density at radius 3 is 2.50 bits per heavy atom. The normalized spacial score (nSPS) is 16.5. The zero-order valence-corrected chi connectivity index (χ0v) is 18.6. The molecule has 1 fully saturated rings. The van der Waals surface area contributed by atoms with Crippen molar-refractivity contribution in [2.45, 2.75) is 6.54 Å². The van der Waals surface area contributed by atoms with E-state index in [0.717, 1.165) is 74.3 Å². The maximum atomic E-state index is 5.68. The summed E-state index contributed by atoms with van der Waals surface area (Å²) in [4.78, 5) is 7.29. The summed E-state index contributed by atoms with van der Waals surface area (Å²) in [5.74, 6) is 2.42. The van der Waals surface area contributed by atoms with Crippen molar-refractivity contribution in [3.05, 3.63) is 60.4 Å². The van der Waals surface area contributed by atoms with Gasteiger partial charge in [0.1, 0.15) is 18.9 Å². The highest BCUT2D eigenvalue weighted by Gasteiger charge is 2.18. The highest BCUT2D eigenvalue weighted by Crippen LogP contribution is 2.34. The average Bonchev–Trinajstić information content (AvgIpc) is 3.32. The lowest BCUT2D eigenvalue weighted by Crippen LogP contribution is -2.48. The summed E-state index contributed by atoms with van der Waals surface area (Å²) in [6.07, 6.45) is 0. The molecule has 3 aromatic rings. The summed E-state index contributed by atoms with van der Waals surface area (Å²) in [5, 5.41) is 4.26. The van der Waals surface area contributed by atoms with Crippen LogP contribution in [0.4, 0.5) is 5.69 Å². The molecule has 5 rings (SSSR count). The zero-order valence-electron chi connectivity index (χ0n) is 18.6. The van der Waals surface area contributed by atoms with Gasteiger partial charge in [0.15, 0.2) is 17.3 Å². The molecule has 168 valence electrons. The van der Waals surface area contributed by atoms with Gasteiger partial charge in [-0.3, -0.25) is 9.80 Å². The minimum Gasteiger partial charge on any atom is -0.486 e. The van der Waals surface area contributed by atoms with E-state index in [2.05, 4.69) is 57.2 Å².